The number of hydrogen-bond acceptors (Lipinski definition) is 6. The standard InChI is InChI=1S/C22H27N3O4/c1-22(2,27)25(19-7-10-28-20-6-4-3-5-18(19)20)21(26)15(12-17-14-29-17)11-16-13-23-8-9-24-16/h3-6,8-9,13,15,17,19,27H,7,10-12,14H2,1-2H3/t15-,17+,19-/m1/s1. The SMILES string of the molecule is CC(C)(O)N(C(=O)[C@H](Cc1cnccn1)C[C@H]1CO1)[C@@H]1CCOc2ccccc21. The van der Waals surface area contributed by atoms with E-state index in [1.807, 2.05) is 24.3 Å². The topological polar surface area (TPSA) is 88.1 Å². The number of epoxide rings is 1. The lowest BCUT2D eigenvalue weighted by molar-refractivity contribution is -0.167. The zero-order valence-electron chi connectivity index (χ0n) is 16.8. The van der Waals surface area contributed by atoms with Crippen LogP contribution < -0.4 is 4.74 Å². The molecule has 1 aromatic heterocycles. The smallest absolute Gasteiger partial charge is 0.228 e. The lowest BCUT2D eigenvalue weighted by Gasteiger charge is -2.44. The van der Waals surface area contributed by atoms with Crippen LogP contribution in [0.1, 0.15) is 44.0 Å². The second-order valence-electron chi connectivity index (χ2n) is 8.18. The molecule has 0 saturated carbocycles. The van der Waals surface area contributed by atoms with E-state index in [2.05, 4.69) is 9.97 Å². The summed E-state index contributed by atoms with van der Waals surface area (Å²) >= 11 is 0. The van der Waals surface area contributed by atoms with E-state index < -0.39 is 5.72 Å². The number of ether oxygens (including phenoxy) is 2. The van der Waals surface area contributed by atoms with Crippen molar-refractivity contribution < 1.29 is 19.4 Å². The number of aliphatic hydroxyl groups is 1. The van der Waals surface area contributed by atoms with Gasteiger partial charge in [0.25, 0.3) is 0 Å². The lowest BCUT2D eigenvalue weighted by Crippen LogP contribution is -2.53. The molecule has 7 nitrogen and oxygen atoms in total. The number of fused-ring (bicyclic) bond motifs is 1. The Bertz CT molecular complexity index is 849. The van der Waals surface area contributed by atoms with Crippen LogP contribution in [0.5, 0.6) is 5.75 Å². The summed E-state index contributed by atoms with van der Waals surface area (Å²) in [5, 5.41) is 11.0. The van der Waals surface area contributed by atoms with Crippen LogP contribution in [0.4, 0.5) is 0 Å². The molecule has 0 unspecified atom stereocenters. The second-order valence-corrected chi connectivity index (χ2v) is 8.18. The average Bonchev–Trinajstić information content (AvgIpc) is 3.52. The summed E-state index contributed by atoms with van der Waals surface area (Å²) in [5.74, 6) is 0.322. The highest BCUT2D eigenvalue weighted by Crippen LogP contribution is 2.40. The van der Waals surface area contributed by atoms with Crippen LogP contribution in [-0.4, -0.2) is 50.9 Å². The maximum Gasteiger partial charge on any atom is 0.228 e. The van der Waals surface area contributed by atoms with Crippen molar-refractivity contribution in [3.8, 4) is 5.75 Å². The van der Waals surface area contributed by atoms with Crippen LogP contribution >= 0.6 is 0 Å². The number of carbonyl (C=O) groups is 1. The molecular weight excluding hydrogens is 370 g/mol. The molecular formula is C22H27N3O4. The fourth-order valence-electron chi connectivity index (χ4n) is 4.07. The number of rotatable bonds is 7. The first kappa shape index (κ1) is 19.8. The Hall–Kier alpha value is -2.51. The fourth-order valence-corrected chi connectivity index (χ4v) is 4.07. The van der Waals surface area contributed by atoms with Gasteiger partial charge in [-0.15, -0.1) is 0 Å². The first-order valence-corrected chi connectivity index (χ1v) is 10.1. The van der Waals surface area contributed by atoms with Crippen LogP contribution in [0.15, 0.2) is 42.9 Å². The second kappa shape index (κ2) is 8.08. The Morgan fingerprint density at radius 2 is 2.14 bits per heavy atom. The molecule has 1 N–H and O–H groups in total. The van der Waals surface area contributed by atoms with E-state index in [4.69, 9.17) is 9.47 Å². The number of hydrogen-bond donors (Lipinski definition) is 1. The van der Waals surface area contributed by atoms with Gasteiger partial charge in [0.15, 0.2) is 0 Å². The Morgan fingerprint density at radius 1 is 1.34 bits per heavy atom. The van der Waals surface area contributed by atoms with Gasteiger partial charge in [-0.05, 0) is 26.3 Å². The van der Waals surface area contributed by atoms with Gasteiger partial charge in [0.1, 0.15) is 11.5 Å². The molecule has 154 valence electrons. The minimum absolute atomic E-state index is 0.0891. The van der Waals surface area contributed by atoms with Gasteiger partial charge in [-0.3, -0.25) is 14.8 Å². The van der Waals surface area contributed by atoms with E-state index in [0.29, 0.717) is 32.5 Å². The molecule has 4 rings (SSSR count). The number of aromatic nitrogens is 2. The first-order chi connectivity index (χ1) is 13.9. The molecule has 7 heteroatoms. The van der Waals surface area contributed by atoms with Crippen molar-refractivity contribution in [3.05, 3.63) is 54.1 Å². The van der Waals surface area contributed by atoms with Gasteiger partial charge in [0.05, 0.1) is 31.1 Å². The summed E-state index contributed by atoms with van der Waals surface area (Å²) in [7, 11) is 0. The van der Waals surface area contributed by atoms with Gasteiger partial charge in [-0.25, -0.2) is 0 Å². The maximum atomic E-state index is 13.8. The molecule has 29 heavy (non-hydrogen) atoms. The highest BCUT2D eigenvalue weighted by atomic mass is 16.6. The van der Waals surface area contributed by atoms with Gasteiger partial charge in [0.2, 0.25) is 5.91 Å². The summed E-state index contributed by atoms with van der Waals surface area (Å²) in [4.78, 5) is 23.9. The predicted octanol–water partition coefficient (Wildman–Crippen LogP) is 2.51. The van der Waals surface area contributed by atoms with Gasteiger partial charge < -0.3 is 19.5 Å². The van der Waals surface area contributed by atoms with Crippen LogP contribution in [-0.2, 0) is 16.0 Å². The molecule has 1 amide bonds. The van der Waals surface area contributed by atoms with E-state index >= 15 is 0 Å². The molecule has 1 aromatic carbocycles. The van der Waals surface area contributed by atoms with Crippen molar-refractivity contribution in [1.82, 2.24) is 14.9 Å². The molecule has 3 heterocycles. The highest BCUT2D eigenvalue weighted by molar-refractivity contribution is 5.80. The number of amides is 1. The third kappa shape index (κ3) is 4.57. The lowest BCUT2D eigenvalue weighted by atomic mass is 9.91. The highest BCUT2D eigenvalue weighted by Gasteiger charge is 2.42. The number of carbonyl (C=O) groups excluding carboxylic acids is 1. The van der Waals surface area contributed by atoms with Crippen LogP contribution in [0.25, 0.3) is 0 Å². The molecule has 0 radical (unpaired) electrons. The molecule has 2 aromatic rings. The fraction of sp³-hybridized carbons (Fsp3) is 0.500. The van der Waals surface area contributed by atoms with E-state index in [1.165, 1.54) is 0 Å². The predicted molar refractivity (Wildman–Crippen MR) is 106 cm³/mol. The minimum Gasteiger partial charge on any atom is -0.493 e. The van der Waals surface area contributed by atoms with Crippen LogP contribution in [0.3, 0.4) is 0 Å². The van der Waals surface area contributed by atoms with Crippen molar-refractivity contribution in [2.24, 2.45) is 5.92 Å². The zero-order chi connectivity index (χ0) is 20.4. The first-order valence-electron chi connectivity index (χ1n) is 10.1. The molecule has 2 aliphatic rings. The van der Waals surface area contributed by atoms with E-state index in [1.54, 1.807) is 37.3 Å². The summed E-state index contributed by atoms with van der Waals surface area (Å²) in [6.45, 7) is 4.50. The summed E-state index contributed by atoms with van der Waals surface area (Å²) in [6.07, 6.45) is 6.72. The molecule has 0 aliphatic carbocycles. The van der Waals surface area contributed by atoms with Crippen molar-refractivity contribution >= 4 is 5.91 Å². The largest absolute Gasteiger partial charge is 0.493 e. The van der Waals surface area contributed by atoms with Crippen LogP contribution in [0.2, 0.25) is 0 Å². The van der Waals surface area contributed by atoms with Gasteiger partial charge >= 0.3 is 0 Å². The Morgan fingerprint density at radius 3 is 2.83 bits per heavy atom. The normalized spacial score (nSPS) is 21.6. The summed E-state index contributed by atoms with van der Waals surface area (Å²) in [5.41, 5.74) is 0.363. The monoisotopic (exact) mass is 397 g/mol. The molecule has 1 saturated heterocycles. The Labute approximate surface area is 170 Å². The van der Waals surface area contributed by atoms with Crippen molar-refractivity contribution in [3.63, 3.8) is 0 Å². The molecule has 2 aliphatic heterocycles. The van der Waals surface area contributed by atoms with Crippen molar-refractivity contribution in [1.29, 1.82) is 0 Å². The third-order valence-corrected chi connectivity index (χ3v) is 5.44. The Balaban J connectivity index is 1.65. The average molecular weight is 397 g/mol. The number of para-hydroxylation sites is 1. The van der Waals surface area contributed by atoms with Gasteiger partial charge in [0, 0.05) is 42.9 Å². The molecule has 0 spiro atoms. The quantitative estimate of drug-likeness (QED) is 0.571. The maximum absolute atomic E-state index is 13.8. The van der Waals surface area contributed by atoms with Gasteiger partial charge in [-0.1, -0.05) is 18.2 Å². The zero-order valence-corrected chi connectivity index (χ0v) is 16.8. The van der Waals surface area contributed by atoms with E-state index in [9.17, 15) is 9.90 Å². The van der Waals surface area contributed by atoms with Crippen molar-refractivity contribution in [2.75, 3.05) is 13.2 Å². The third-order valence-electron chi connectivity index (χ3n) is 5.44. The van der Waals surface area contributed by atoms with Gasteiger partial charge in [-0.2, -0.15) is 0 Å². The molecule has 1 fully saturated rings. The summed E-state index contributed by atoms with van der Waals surface area (Å²) < 4.78 is 11.2. The molecule has 0 bridgehead atoms. The number of nitrogens with zero attached hydrogens (tertiary/aromatic N) is 3. The molecule has 3 atom stereocenters. The van der Waals surface area contributed by atoms with E-state index in [0.717, 1.165) is 17.0 Å². The minimum atomic E-state index is -1.32. The van der Waals surface area contributed by atoms with E-state index in [-0.39, 0.29) is 24.0 Å². The summed E-state index contributed by atoms with van der Waals surface area (Å²) in [6, 6.07) is 7.47. The Kier molecular flexibility index (Phi) is 5.52. The number of benzene rings is 1. The van der Waals surface area contributed by atoms with Crippen LogP contribution in [0, 0.1) is 5.92 Å². The van der Waals surface area contributed by atoms with Crippen molar-refractivity contribution in [2.45, 2.75) is 51.0 Å².